The van der Waals surface area contributed by atoms with Gasteiger partial charge in [-0.25, -0.2) is 15.0 Å². The maximum atomic E-state index is 11.1. The fourth-order valence-corrected chi connectivity index (χ4v) is 2.01. The van der Waals surface area contributed by atoms with Crippen LogP contribution in [0.1, 0.15) is 41.4 Å². The predicted molar refractivity (Wildman–Crippen MR) is 72.4 cm³/mol. The van der Waals surface area contributed by atoms with Gasteiger partial charge in [-0.05, 0) is 13.3 Å². The molecule has 2 aromatic heterocycles. The molecule has 0 fully saturated rings. The van der Waals surface area contributed by atoms with Gasteiger partial charge in [-0.3, -0.25) is 4.79 Å². The van der Waals surface area contributed by atoms with Crippen molar-refractivity contribution in [1.29, 1.82) is 0 Å². The number of nitrogens with zero attached hydrogens (tertiary/aromatic N) is 3. The zero-order valence-electron chi connectivity index (χ0n) is 10.6. The van der Waals surface area contributed by atoms with Gasteiger partial charge < -0.3 is 10.3 Å². The summed E-state index contributed by atoms with van der Waals surface area (Å²) in [6.07, 6.45) is 4.86. The number of carbonyl (C=O) groups excluding carboxylic acids is 1. The molecule has 6 nitrogen and oxygen atoms in total. The summed E-state index contributed by atoms with van der Waals surface area (Å²) in [4.78, 5) is 26.5. The third-order valence-electron chi connectivity index (χ3n) is 2.70. The van der Waals surface area contributed by atoms with Crippen molar-refractivity contribution in [2.24, 2.45) is 0 Å². The zero-order chi connectivity index (χ0) is 13.8. The molecular formula is C12H14ClN5O. The Morgan fingerprint density at radius 2 is 2.32 bits per heavy atom. The summed E-state index contributed by atoms with van der Waals surface area (Å²) < 4.78 is 0. The van der Waals surface area contributed by atoms with E-state index in [9.17, 15) is 4.79 Å². The molecule has 0 spiro atoms. The molecule has 2 rings (SSSR count). The highest BCUT2D eigenvalue weighted by Gasteiger charge is 2.17. The molecule has 1 unspecified atom stereocenters. The summed E-state index contributed by atoms with van der Waals surface area (Å²) >= 11 is 5.94. The van der Waals surface area contributed by atoms with Crippen LogP contribution in [0.3, 0.4) is 0 Å². The number of halogens is 1. The average Bonchev–Trinajstić information content (AvgIpc) is 2.89. The van der Waals surface area contributed by atoms with Gasteiger partial charge in [0.05, 0.1) is 11.6 Å². The number of hydrogen-bond acceptors (Lipinski definition) is 5. The zero-order valence-corrected chi connectivity index (χ0v) is 11.4. The number of carbonyl (C=O) groups is 1. The Kier molecular flexibility index (Phi) is 4.11. The summed E-state index contributed by atoms with van der Waals surface area (Å²) in [6.45, 7) is 3.73. The third-order valence-corrected chi connectivity index (χ3v) is 2.99. The maximum Gasteiger partial charge on any atom is 0.156 e. The van der Waals surface area contributed by atoms with Gasteiger partial charge in [0.15, 0.2) is 6.29 Å². The van der Waals surface area contributed by atoms with Gasteiger partial charge in [0.2, 0.25) is 0 Å². The normalized spacial score (nSPS) is 12.2. The Bertz CT molecular complexity index is 570. The van der Waals surface area contributed by atoms with E-state index in [4.69, 9.17) is 11.6 Å². The van der Waals surface area contributed by atoms with Crippen LogP contribution in [0, 0.1) is 6.92 Å². The number of H-pyrrole nitrogens is 1. The third kappa shape index (κ3) is 2.90. The second kappa shape index (κ2) is 5.79. The number of aromatic amines is 1. The topological polar surface area (TPSA) is 83.6 Å². The van der Waals surface area contributed by atoms with E-state index < -0.39 is 0 Å². The van der Waals surface area contributed by atoms with Crippen LogP contribution >= 0.6 is 11.6 Å². The molecule has 0 aliphatic carbocycles. The number of hydrogen-bond donors (Lipinski definition) is 2. The fraction of sp³-hybridized carbons (Fsp3) is 0.333. The minimum absolute atomic E-state index is 0.0703. The molecule has 0 aliphatic rings. The van der Waals surface area contributed by atoms with Gasteiger partial charge in [0, 0.05) is 12.4 Å². The molecule has 1 atom stereocenters. The van der Waals surface area contributed by atoms with Gasteiger partial charge in [0.1, 0.15) is 22.6 Å². The highest BCUT2D eigenvalue weighted by atomic mass is 35.5. The van der Waals surface area contributed by atoms with Crippen LogP contribution in [0.4, 0.5) is 5.82 Å². The predicted octanol–water partition coefficient (Wildman–Crippen LogP) is 2.54. The number of nitrogens with one attached hydrogen (secondary N) is 2. The van der Waals surface area contributed by atoms with Crippen LogP contribution in [0.15, 0.2) is 12.4 Å². The minimum atomic E-state index is -0.0703. The molecule has 2 heterocycles. The van der Waals surface area contributed by atoms with E-state index in [1.54, 1.807) is 19.3 Å². The Morgan fingerprint density at radius 3 is 2.89 bits per heavy atom. The Labute approximate surface area is 115 Å². The SMILES string of the molecule is CCC(Nc1nc(C)nc(Cl)c1C=O)c1ncc[nH]1. The number of rotatable bonds is 5. The van der Waals surface area contributed by atoms with Gasteiger partial charge in [0.25, 0.3) is 0 Å². The number of imidazole rings is 1. The first-order chi connectivity index (χ1) is 9.15. The maximum absolute atomic E-state index is 11.1. The molecule has 7 heteroatoms. The van der Waals surface area contributed by atoms with Crippen molar-refractivity contribution in [3.8, 4) is 0 Å². The molecule has 2 aromatic rings. The van der Waals surface area contributed by atoms with E-state index in [2.05, 4.69) is 25.3 Å². The molecule has 0 bridgehead atoms. The van der Waals surface area contributed by atoms with E-state index in [-0.39, 0.29) is 16.8 Å². The molecule has 0 aliphatic heterocycles. The second-order valence-electron chi connectivity index (χ2n) is 4.02. The molecular weight excluding hydrogens is 266 g/mol. The van der Waals surface area contributed by atoms with E-state index in [0.717, 1.165) is 12.2 Å². The number of aromatic nitrogens is 4. The van der Waals surface area contributed by atoms with Crippen molar-refractivity contribution < 1.29 is 4.79 Å². The second-order valence-corrected chi connectivity index (χ2v) is 4.38. The van der Waals surface area contributed by atoms with Gasteiger partial charge >= 0.3 is 0 Å². The molecule has 19 heavy (non-hydrogen) atoms. The highest BCUT2D eigenvalue weighted by molar-refractivity contribution is 6.32. The van der Waals surface area contributed by atoms with Crippen molar-refractivity contribution in [2.45, 2.75) is 26.3 Å². The van der Waals surface area contributed by atoms with E-state index in [0.29, 0.717) is 17.9 Å². The first kappa shape index (κ1) is 13.5. The van der Waals surface area contributed by atoms with Gasteiger partial charge in [-0.15, -0.1) is 0 Å². The Balaban J connectivity index is 2.34. The van der Waals surface area contributed by atoms with Crippen LogP contribution in [-0.2, 0) is 0 Å². The van der Waals surface area contributed by atoms with Crippen molar-refractivity contribution in [3.05, 3.63) is 34.8 Å². The molecule has 0 saturated carbocycles. The van der Waals surface area contributed by atoms with Gasteiger partial charge in [-0.2, -0.15) is 0 Å². The van der Waals surface area contributed by atoms with E-state index in [1.165, 1.54) is 0 Å². The Morgan fingerprint density at radius 1 is 1.53 bits per heavy atom. The van der Waals surface area contributed by atoms with Crippen LogP contribution < -0.4 is 5.32 Å². The van der Waals surface area contributed by atoms with Crippen molar-refractivity contribution >= 4 is 23.7 Å². The van der Waals surface area contributed by atoms with E-state index >= 15 is 0 Å². The van der Waals surface area contributed by atoms with Crippen LogP contribution in [0.25, 0.3) is 0 Å². The standard InChI is InChI=1S/C12H14ClN5O/c1-3-9(12-14-4-5-15-12)18-11-8(6-19)10(13)16-7(2)17-11/h4-6,9H,3H2,1-2H3,(H,14,15)(H,16,17,18). The quantitative estimate of drug-likeness (QED) is 0.649. The van der Waals surface area contributed by atoms with Crippen molar-refractivity contribution in [3.63, 3.8) is 0 Å². The van der Waals surface area contributed by atoms with Crippen LogP contribution in [-0.4, -0.2) is 26.2 Å². The van der Waals surface area contributed by atoms with Crippen LogP contribution in [0.5, 0.6) is 0 Å². The highest BCUT2D eigenvalue weighted by Crippen LogP contribution is 2.24. The number of aryl methyl sites for hydroxylation is 1. The first-order valence-corrected chi connectivity index (χ1v) is 6.28. The summed E-state index contributed by atoms with van der Waals surface area (Å²) in [7, 11) is 0. The van der Waals surface area contributed by atoms with E-state index in [1.807, 2.05) is 6.92 Å². The lowest BCUT2D eigenvalue weighted by Gasteiger charge is -2.17. The monoisotopic (exact) mass is 279 g/mol. The van der Waals surface area contributed by atoms with Crippen molar-refractivity contribution in [1.82, 2.24) is 19.9 Å². The smallest absolute Gasteiger partial charge is 0.156 e. The number of aldehydes is 1. The summed E-state index contributed by atoms with van der Waals surface area (Å²) in [6, 6.07) is -0.0703. The summed E-state index contributed by atoms with van der Waals surface area (Å²) in [5.74, 6) is 1.72. The largest absolute Gasteiger partial charge is 0.359 e. The molecule has 0 saturated heterocycles. The lowest BCUT2D eigenvalue weighted by Crippen LogP contribution is -2.15. The summed E-state index contributed by atoms with van der Waals surface area (Å²) in [5.41, 5.74) is 0.261. The molecule has 0 amide bonds. The molecule has 100 valence electrons. The number of anilines is 1. The first-order valence-electron chi connectivity index (χ1n) is 5.90. The molecule has 0 radical (unpaired) electrons. The average molecular weight is 280 g/mol. The van der Waals surface area contributed by atoms with Crippen molar-refractivity contribution in [2.75, 3.05) is 5.32 Å². The lowest BCUT2D eigenvalue weighted by atomic mass is 10.2. The molecule has 0 aromatic carbocycles. The van der Waals surface area contributed by atoms with Crippen LogP contribution in [0.2, 0.25) is 5.15 Å². The fourth-order valence-electron chi connectivity index (χ4n) is 1.76. The lowest BCUT2D eigenvalue weighted by molar-refractivity contribution is 0.112. The summed E-state index contributed by atoms with van der Waals surface area (Å²) in [5, 5.41) is 3.32. The Hall–Kier alpha value is -1.95. The minimum Gasteiger partial charge on any atom is -0.359 e. The molecule has 2 N–H and O–H groups in total. The van der Waals surface area contributed by atoms with Gasteiger partial charge in [-0.1, -0.05) is 18.5 Å².